The predicted molar refractivity (Wildman–Crippen MR) is 120 cm³/mol. The average molecular weight is 461 g/mol. The van der Waals surface area contributed by atoms with E-state index in [9.17, 15) is 9.59 Å². The van der Waals surface area contributed by atoms with Gasteiger partial charge in [-0.2, -0.15) is 0 Å². The van der Waals surface area contributed by atoms with Crippen LogP contribution in [0.4, 0.5) is 5.69 Å². The van der Waals surface area contributed by atoms with Crippen LogP contribution in [0.1, 0.15) is 22.0 Å². The lowest BCUT2D eigenvalue weighted by molar-refractivity contribution is -0.138. The number of halogens is 2. The topological polar surface area (TPSA) is 58.6 Å². The van der Waals surface area contributed by atoms with E-state index in [1.165, 1.54) is 11.3 Å². The summed E-state index contributed by atoms with van der Waals surface area (Å²) in [5, 5.41) is 5.67. The van der Waals surface area contributed by atoms with Crippen LogP contribution in [0, 0.1) is 6.92 Å². The quantitative estimate of drug-likeness (QED) is 0.573. The van der Waals surface area contributed by atoms with E-state index in [0.717, 1.165) is 16.0 Å². The highest BCUT2D eigenvalue weighted by Crippen LogP contribution is 2.38. The van der Waals surface area contributed by atoms with Crippen LogP contribution in [0.3, 0.4) is 0 Å². The Morgan fingerprint density at radius 2 is 2.07 bits per heavy atom. The van der Waals surface area contributed by atoms with Crippen LogP contribution in [0.5, 0.6) is 5.75 Å². The molecule has 1 aromatic heterocycles. The number of anilines is 1. The van der Waals surface area contributed by atoms with Gasteiger partial charge in [-0.05, 0) is 42.6 Å². The zero-order valence-corrected chi connectivity index (χ0v) is 18.4. The Morgan fingerprint density at radius 1 is 1.23 bits per heavy atom. The summed E-state index contributed by atoms with van der Waals surface area (Å²) in [7, 11) is 0. The van der Waals surface area contributed by atoms with E-state index in [4.69, 9.17) is 27.9 Å². The van der Waals surface area contributed by atoms with Gasteiger partial charge >= 0.3 is 0 Å². The first kappa shape index (κ1) is 20.7. The van der Waals surface area contributed by atoms with E-state index < -0.39 is 6.04 Å². The van der Waals surface area contributed by atoms with Crippen molar-refractivity contribution in [3.8, 4) is 5.75 Å². The molecule has 3 aromatic rings. The van der Waals surface area contributed by atoms with E-state index in [1.807, 2.05) is 42.6 Å². The number of hydrogen-bond acceptors (Lipinski definition) is 4. The molecule has 0 bridgehead atoms. The van der Waals surface area contributed by atoms with Crippen LogP contribution < -0.4 is 10.1 Å². The molecule has 1 unspecified atom stereocenters. The molecule has 1 atom stereocenters. The van der Waals surface area contributed by atoms with Gasteiger partial charge in [0.1, 0.15) is 12.3 Å². The number of nitrogens with one attached hydrogen (secondary N) is 1. The number of amides is 2. The van der Waals surface area contributed by atoms with Crippen LogP contribution in [0.15, 0.2) is 53.9 Å². The maximum absolute atomic E-state index is 13.2. The Labute approximate surface area is 188 Å². The minimum Gasteiger partial charge on any atom is -0.482 e. The SMILES string of the molecule is Cc1ccc2c(c1)C(c1cccs1)N(C(=O)COc1ccc(Cl)cc1Cl)CC(=O)N2. The van der Waals surface area contributed by atoms with E-state index in [0.29, 0.717) is 21.5 Å². The highest BCUT2D eigenvalue weighted by Gasteiger charge is 2.34. The van der Waals surface area contributed by atoms with Gasteiger partial charge in [0.25, 0.3) is 5.91 Å². The summed E-state index contributed by atoms with van der Waals surface area (Å²) in [6.45, 7) is 1.65. The van der Waals surface area contributed by atoms with Crippen molar-refractivity contribution in [1.29, 1.82) is 0 Å². The van der Waals surface area contributed by atoms with Gasteiger partial charge in [0, 0.05) is 21.2 Å². The molecule has 30 heavy (non-hydrogen) atoms. The minimum absolute atomic E-state index is 0.0766. The molecule has 4 rings (SSSR count). The molecule has 0 radical (unpaired) electrons. The van der Waals surface area contributed by atoms with Crippen LogP contribution >= 0.6 is 34.5 Å². The molecule has 0 spiro atoms. The van der Waals surface area contributed by atoms with Crippen LogP contribution in [0.2, 0.25) is 10.0 Å². The van der Waals surface area contributed by atoms with Crippen molar-refractivity contribution in [2.45, 2.75) is 13.0 Å². The zero-order chi connectivity index (χ0) is 21.3. The largest absolute Gasteiger partial charge is 0.482 e. The second-order valence-corrected chi connectivity index (χ2v) is 8.76. The number of fused-ring (bicyclic) bond motifs is 1. The molecule has 8 heteroatoms. The number of ether oxygens (including phenoxy) is 1. The van der Waals surface area contributed by atoms with Gasteiger partial charge < -0.3 is 15.0 Å². The van der Waals surface area contributed by atoms with Gasteiger partial charge in [-0.25, -0.2) is 0 Å². The number of hydrogen-bond donors (Lipinski definition) is 1. The molecular weight excluding hydrogens is 443 g/mol. The Kier molecular flexibility index (Phi) is 5.99. The smallest absolute Gasteiger partial charge is 0.261 e. The molecule has 5 nitrogen and oxygen atoms in total. The van der Waals surface area contributed by atoms with Crippen molar-refractivity contribution in [2.75, 3.05) is 18.5 Å². The molecule has 0 aliphatic carbocycles. The first-order chi connectivity index (χ1) is 14.4. The normalized spacial score (nSPS) is 15.9. The van der Waals surface area contributed by atoms with Gasteiger partial charge in [0.05, 0.1) is 11.1 Å². The summed E-state index contributed by atoms with van der Waals surface area (Å²) in [5.41, 5.74) is 2.63. The molecule has 1 aliphatic rings. The second kappa shape index (κ2) is 8.68. The lowest BCUT2D eigenvalue weighted by atomic mass is 9.99. The Balaban J connectivity index is 1.67. The summed E-state index contributed by atoms with van der Waals surface area (Å²) in [6, 6.07) is 14.1. The summed E-state index contributed by atoms with van der Waals surface area (Å²) < 4.78 is 5.65. The predicted octanol–water partition coefficient (Wildman–Crippen LogP) is 5.31. The third-order valence-corrected chi connectivity index (χ3v) is 6.23. The van der Waals surface area contributed by atoms with Crippen LogP contribution in [0.25, 0.3) is 0 Å². The van der Waals surface area contributed by atoms with Gasteiger partial charge in [0.15, 0.2) is 6.61 Å². The average Bonchev–Trinajstić information content (AvgIpc) is 3.18. The highest BCUT2D eigenvalue weighted by atomic mass is 35.5. The maximum atomic E-state index is 13.2. The molecule has 1 N–H and O–H groups in total. The lowest BCUT2D eigenvalue weighted by Crippen LogP contribution is -2.41. The van der Waals surface area contributed by atoms with Crippen molar-refractivity contribution >= 4 is 52.0 Å². The Bertz CT molecular complexity index is 1100. The molecule has 154 valence electrons. The second-order valence-electron chi connectivity index (χ2n) is 6.94. The monoisotopic (exact) mass is 460 g/mol. The number of benzene rings is 2. The number of nitrogens with zero attached hydrogens (tertiary/aromatic N) is 1. The minimum atomic E-state index is -0.393. The molecular formula is C22H18Cl2N2O3S. The van der Waals surface area contributed by atoms with Crippen molar-refractivity contribution in [3.05, 3.63) is 80.0 Å². The summed E-state index contributed by atoms with van der Waals surface area (Å²) in [4.78, 5) is 28.3. The third kappa shape index (κ3) is 4.31. The molecule has 2 amide bonds. The fourth-order valence-corrected chi connectivity index (χ4v) is 4.74. The fraction of sp³-hybridized carbons (Fsp3) is 0.182. The molecule has 0 saturated carbocycles. The highest BCUT2D eigenvalue weighted by molar-refractivity contribution is 7.10. The molecule has 0 fully saturated rings. The van der Waals surface area contributed by atoms with Gasteiger partial charge in [-0.3, -0.25) is 9.59 Å². The standard InChI is InChI=1S/C22H18Cl2N2O3S/c1-13-4-6-17-15(9-13)22(19-3-2-8-30-19)26(11-20(27)25-17)21(28)12-29-18-7-5-14(23)10-16(18)24/h2-10,22H,11-12H2,1H3,(H,25,27). The zero-order valence-electron chi connectivity index (χ0n) is 16.0. The summed E-state index contributed by atoms with van der Waals surface area (Å²) in [6.07, 6.45) is 0. The van der Waals surface area contributed by atoms with E-state index >= 15 is 0 Å². The number of carbonyl (C=O) groups excluding carboxylic acids is 2. The lowest BCUT2D eigenvalue weighted by Gasteiger charge is -2.29. The molecule has 0 saturated heterocycles. The van der Waals surface area contributed by atoms with E-state index in [2.05, 4.69) is 5.32 Å². The number of carbonyl (C=O) groups is 2. The van der Waals surface area contributed by atoms with Gasteiger partial charge in [0.2, 0.25) is 5.91 Å². The Morgan fingerprint density at radius 3 is 2.80 bits per heavy atom. The number of aryl methyl sites for hydroxylation is 1. The van der Waals surface area contributed by atoms with E-state index in [1.54, 1.807) is 23.1 Å². The third-order valence-electron chi connectivity index (χ3n) is 4.78. The molecule has 2 aromatic carbocycles. The van der Waals surface area contributed by atoms with Crippen molar-refractivity contribution in [1.82, 2.24) is 4.90 Å². The maximum Gasteiger partial charge on any atom is 0.261 e. The van der Waals surface area contributed by atoms with Crippen LogP contribution in [-0.4, -0.2) is 29.9 Å². The first-order valence-electron chi connectivity index (χ1n) is 9.23. The van der Waals surface area contributed by atoms with Crippen molar-refractivity contribution in [2.24, 2.45) is 0 Å². The number of rotatable bonds is 4. The van der Waals surface area contributed by atoms with Gasteiger partial charge in [-0.15, -0.1) is 11.3 Å². The number of thiophene rings is 1. The summed E-state index contributed by atoms with van der Waals surface area (Å²) >= 11 is 13.6. The van der Waals surface area contributed by atoms with Crippen molar-refractivity contribution in [3.63, 3.8) is 0 Å². The molecule has 1 aliphatic heterocycles. The Hall–Kier alpha value is -2.54. The molecule has 2 heterocycles. The van der Waals surface area contributed by atoms with Crippen molar-refractivity contribution < 1.29 is 14.3 Å². The fourth-order valence-electron chi connectivity index (χ4n) is 3.43. The van der Waals surface area contributed by atoms with Crippen LogP contribution in [-0.2, 0) is 9.59 Å². The first-order valence-corrected chi connectivity index (χ1v) is 10.9. The summed E-state index contributed by atoms with van der Waals surface area (Å²) in [5.74, 6) is -0.210. The van der Waals surface area contributed by atoms with Gasteiger partial charge in [-0.1, -0.05) is 47.0 Å². The van der Waals surface area contributed by atoms with E-state index in [-0.39, 0.29) is 25.0 Å².